The average Bonchev–Trinajstić information content (AvgIpc) is 2.91. The highest BCUT2D eigenvalue weighted by molar-refractivity contribution is 5.31. The molecular weight excluding hydrogens is 256 g/mol. The zero-order chi connectivity index (χ0) is 14.5. The van der Waals surface area contributed by atoms with Crippen molar-refractivity contribution >= 4 is 0 Å². The van der Waals surface area contributed by atoms with Crippen molar-refractivity contribution in [1.29, 1.82) is 0 Å². The van der Waals surface area contributed by atoms with Gasteiger partial charge in [-0.05, 0) is 68.8 Å². The molecule has 2 nitrogen and oxygen atoms in total. The molecule has 3 rings (SSSR count). The Hall–Kier alpha value is -0.860. The van der Waals surface area contributed by atoms with E-state index in [1.165, 1.54) is 58.2 Å². The Labute approximate surface area is 129 Å². The molecule has 1 saturated heterocycles. The predicted octanol–water partition coefficient (Wildman–Crippen LogP) is 3.78. The van der Waals surface area contributed by atoms with Crippen LogP contribution < -0.4 is 5.32 Å². The summed E-state index contributed by atoms with van der Waals surface area (Å²) in [7, 11) is 0. The highest BCUT2D eigenvalue weighted by Crippen LogP contribution is 2.28. The Morgan fingerprint density at radius 3 is 2.81 bits per heavy atom. The average molecular weight is 286 g/mol. The Morgan fingerprint density at radius 2 is 1.95 bits per heavy atom. The third-order valence-electron chi connectivity index (χ3n) is 5.10. The molecule has 0 amide bonds. The van der Waals surface area contributed by atoms with E-state index in [9.17, 15) is 0 Å². The van der Waals surface area contributed by atoms with Gasteiger partial charge in [-0.25, -0.2) is 0 Å². The third kappa shape index (κ3) is 4.08. The van der Waals surface area contributed by atoms with Crippen LogP contribution in [0.3, 0.4) is 0 Å². The van der Waals surface area contributed by atoms with Gasteiger partial charge in [-0.1, -0.05) is 37.6 Å². The number of hydrogen-bond acceptors (Lipinski definition) is 2. The molecule has 1 aromatic rings. The highest BCUT2D eigenvalue weighted by atomic mass is 15.1. The molecule has 1 N–H and O–H groups in total. The van der Waals surface area contributed by atoms with E-state index in [-0.39, 0.29) is 0 Å². The molecular formula is C19H30N2. The Bertz CT molecular complexity index is 437. The number of rotatable bonds is 5. The van der Waals surface area contributed by atoms with Crippen molar-refractivity contribution in [2.45, 2.75) is 51.5 Å². The van der Waals surface area contributed by atoms with Gasteiger partial charge < -0.3 is 10.2 Å². The monoisotopic (exact) mass is 286 g/mol. The lowest BCUT2D eigenvalue weighted by Crippen LogP contribution is -2.33. The molecule has 0 radical (unpaired) electrons. The third-order valence-corrected chi connectivity index (χ3v) is 5.10. The summed E-state index contributed by atoms with van der Waals surface area (Å²) >= 11 is 0. The molecule has 1 aliphatic carbocycles. The summed E-state index contributed by atoms with van der Waals surface area (Å²) in [6.45, 7) is 7.44. The fraction of sp³-hybridized carbons (Fsp3) is 0.684. The highest BCUT2D eigenvalue weighted by Gasteiger charge is 2.19. The fourth-order valence-corrected chi connectivity index (χ4v) is 3.95. The number of benzene rings is 1. The lowest BCUT2D eigenvalue weighted by Gasteiger charge is -2.24. The first-order valence-electron chi connectivity index (χ1n) is 8.86. The summed E-state index contributed by atoms with van der Waals surface area (Å²) in [5.74, 6) is 0.749. The molecule has 116 valence electrons. The standard InChI is InChI=1S/C19H30N2/c1-16(15-21-12-6-7-13-21)14-20-19-11-5-3-9-17-8-2-4-10-18(17)19/h2,4,8,10,16,19-20H,3,5-7,9,11-15H2,1H3. The molecule has 0 saturated carbocycles. The first-order chi connectivity index (χ1) is 10.3. The van der Waals surface area contributed by atoms with Crippen molar-refractivity contribution in [3.05, 3.63) is 35.4 Å². The van der Waals surface area contributed by atoms with E-state index in [2.05, 4.69) is 41.4 Å². The van der Waals surface area contributed by atoms with Gasteiger partial charge in [0.05, 0.1) is 0 Å². The van der Waals surface area contributed by atoms with Gasteiger partial charge >= 0.3 is 0 Å². The SMILES string of the molecule is CC(CNC1CCCCc2ccccc21)CN1CCCC1. The van der Waals surface area contributed by atoms with Crippen LogP contribution in [0.5, 0.6) is 0 Å². The van der Waals surface area contributed by atoms with E-state index in [1.807, 2.05) is 0 Å². The molecule has 0 aromatic heterocycles. The molecule has 21 heavy (non-hydrogen) atoms. The summed E-state index contributed by atoms with van der Waals surface area (Å²) in [6, 6.07) is 9.63. The smallest absolute Gasteiger partial charge is 0.0323 e. The molecule has 0 spiro atoms. The zero-order valence-electron chi connectivity index (χ0n) is 13.5. The second-order valence-corrected chi connectivity index (χ2v) is 7.02. The number of nitrogens with zero attached hydrogens (tertiary/aromatic N) is 1. The predicted molar refractivity (Wildman–Crippen MR) is 89.6 cm³/mol. The fourth-order valence-electron chi connectivity index (χ4n) is 3.95. The summed E-state index contributed by atoms with van der Waals surface area (Å²) in [6.07, 6.45) is 8.06. The van der Waals surface area contributed by atoms with Gasteiger partial charge in [0, 0.05) is 12.6 Å². The summed E-state index contributed by atoms with van der Waals surface area (Å²) in [5, 5.41) is 3.86. The first kappa shape index (κ1) is 15.1. The minimum atomic E-state index is 0.574. The van der Waals surface area contributed by atoms with Crippen molar-refractivity contribution in [3.8, 4) is 0 Å². The second-order valence-electron chi connectivity index (χ2n) is 7.02. The van der Waals surface area contributed by atoms with Crippen molar-refractivity contribution in [3.63, 3.8) is 0 Å². The van der Waals surface area contributed by atoms with Crippen LogP contribution in [0.15, 0.2) is 24.3 Å². The molecule has 1 aliphatic heterocycles. The van der Waals surface area contributed by atoms with Gasteiger partial charge in [0.2, 0.25) is 0 Å². The van der Waals surface area contributed by atoms with Crippen LogP contribution in [-0.2, 0) is 6.42 Å². The number of aryl methyl sites for hydroxylation is 1. The molecule has 0 bridgehead atoms. The second kappa shape index (κ2) is 7.42. The summed E-state index contributed by atoms with van der Waals surface area (Å²) < 4.78 is 0. The Balaban J connectivity index is 1.54. The van der Waals surface area contributed by atoms with Crippen LogP contribution in [0, 0.1) is 5.92 Å². The maximum Gasteiger partial charge on any atom is 0.0323 e. The molecule has 1 heterocycles. The van der Waals surface area contributed by atoms with Crippen molar-refractivity contribution in [2.24, 2.45) is 5.92 Å². The van der Waals surface area contributed by atoms with Crippen LogP contribution >= 0.6 is 0 Å². The summed E-state index contributed by atoms with van der Waals surface area (Å²) in [4.78, 5) is 2.63. The normalized spacial score (nSPS) is 24.5. The minimum absolute atomic E-state index is 0.574. The molecule has 1 fully saturated rings. The number of nitrogens with one attached hydrogen (secondary N) is 1. The number of fused-ring (bicyclic) bond motifs is 1. The van der Waals surface area contributed by atoms with Gasteiger partial charge in [0.15, 0.2) is 0 Å². The van der Waals surface area contributed by atoms with Crippen LogP contribution in [0.2, 0.25) is 0 Å². The van der Waals surface area contributed by atoms with Crippen LogP contribution in [0.25, 0.3) is 0 Å². The van der Waals surface area contributed by atoms with Gasteiger partial charge in [-0.2, -0.15) is 0 Å². The maximum absolute atomic E-state index is 3.86. The Morgan fingerprint density at radius 1 is 1.14 bits per heavy atom. The molecule has 1 aromatic carbocycles. The molecule has 2 unspecified atom stereocenters. The van der Waals surface area contributed by atoms with E-state index >= 15 is 0 Å². The van der Waals surface area contributed by atoms with E-state index in [0.717, 1.165) is 12.5 Å². The minimum Gasteiger partial charge on any atom is -0.310 e. The van der Waals surface area contributed by atoms with Crippen molar-refractivity contribution < 1.29 is 0 Å². The van der Waals surface area contributed by atoms with Crippen LogP contribution in [0.4, 0.5) is 0 Å². The maximum atomic E-state index is 3.86. The summed E-state index contributed by atoms with van der Waals surface area (Å²) in [5.41, 5.74) is 3.13. The van der Waals surface area contributed by atoms with Crippen LogP contribution in [0.1, 0.15) is 56.2 Å². The van der Waals surface area contributed by atoms with Crippen molar-refractivity contribution in [1.82, 2.24) is 10.2 Å². The van der Waals surface area contributed by atoms with E-state index in [0.29, 0.717) is 6.04 Å². The lowest BCUT2D eigenvalue weighted by molar-refractivity contribution is 0.276. The van der Waals surface area contributed by atoms with E-state index < -0.39 is 0 Å². The van der Waals surface area contributed by atoms with Gasteiger partial charge in [0.25, 0.3) is 0 Å². The largest absolute Gasteiger partial charge is 0.310 e. The number of likely N-dealkylation sites (tertiary alicyclic amines) is 1. The van der Waals surface area contributed by atoms with Crippen LogP contribution in [-0.4, -0.2) is 31.1 Å². The van der Waals surface area contributed by atoms with Gasteiger partial charge in [0.1, 0.15) is 0 Å². The molecule has 2 aliphatic rings. The van der Waals surface area contributed by atoms with Gasteiger partial charge in [-0.15, -0.1) is 0 Å². The lowest BCUT2D eigenvalue weighted by atomic mass is 9.98. The van der Waals surface area contributed by atoms with E-state index in [1.54, 1.807) is 11.1 Å². The number of hydrogen-bond donors (Lipinski definition) is 1. The van der Waals surface area contributed by atoms with E-state index in [4.69, 9.17) is 0 Å². The molecule has 2 atom stereocenters. The van der Waals surface area contributed by atoms with Crippen molar-refractivity contribution in [2.75, 3.05) is 26.2 Å². The first-order valence-corrected chi connectivity index (χ1v) is 8.86. The van der Waals surface area contributed by atoms with Gasteiger partial charge in [-0.3, -0.25) is 0 Å². The quantitative estimate of drug-likeness (QED) is 0.829. The zero-order valence-corrected chi connectivity index (χ0v) is 13.5. The topological polar surface area (TPSA) is 15.3 Å². The molecule has 2 heteroatoms. The Kier molecular flexibility index (Phi) is 5.32.